The zero-order valence-electron chi connectivity index (χ0n) is 12.4. The summed E-state index contributed by atoms with van der Waals surface area (Å²) in [5.74, 6) is 0.190. The van der Waals surface area contributed by atoms with Crippen LogP contribution >= 0.6 is 11.8 Å². The third-order valence-electron chi connectivity index (χ3n) is 4.38. The van der Waals surface area contributed by atoms with E-state index in [-0.39, 0.29) is 0 Å². The molecule has 0 saturated heterocycles. The van der Waals surface area contributed by atoms with Crippen LogP contribution in [0.2, 0.25) is 0 Å². The molecular formula is C16H20N2O2S. The van der Waals surface area contributed by atoms with Gasteiger partial charge < -0.3 is 9.67 Å². The number of thioether (sulfide) groups is 1. The highest BCUT2D eigenvalue weighted by Gasteiger charge is 2.28. The minimum Gasteiger partial charge on any atom is -0.478 e. The van der Waals surface area contributed by atoms with E-state index < -0.39 is 5.97 Å². The Bertz CT molecular complexity index is 680. The normalized spacial score (nSPS) is 22.0. The first-order valence-corrected chi connectivity index (χ1v) is 8.69. The van der Waals surface area contributed by atoms with E-state index in [0.717, 1.165) is 36.1 Å². The monoisotopic (exact) mass is 304 g/mol. The summed E-state index contributed by atoms with van der Waals surface area (Å²) in [6.45, 7) is 2.11. The molecule has 1 aliphatic carbocycles. The molecule has 0 radical (unpaired) electrons. The van der Waals surface area contributed by atoms with Crippen molar-refractivity contribution in [3.63, 3.8) is 0 Å². The lowest BCUT2D eigenvalue weighted by molar-refractivity contribution is 0.0697. The molecule has 2 aromatic rings. The van der Waals surface area contributed by atoms with E-state index in [1.807, 2.05) is 17.8 Å². The first-order valence-electron chi connectivity index (χ1n) is 7.41. The van der Waals surface area contributed by atoms with E-state index in [1.165, 1.54) is 6.42 Å². The van der Waals surface area contributed by atoms with Crippen molar-refractivity contribution in [3.8, 4) is 0 Å². The van der Waals surface area contributed by atoms with Crippen LogP contribution in [0.1, 0.15) is 48.4 Å². The Kier molecular flexibility index (Phi) is 3.93. The van der Waals surface area contributed by atoms with E-state index in [2.05, 4.69) is 17.7 Å². The Labute approximate surface area is 128 Å². The van der Waals surface area contributed by atoms with E-state index in [1.54, 1.807) is 12.1 Å². The number of aromatic carboxylic acids is 1. The molecule has 1 N–H and O–H groups in total. The Morgan fingerprint density at radius 3 is 2.90 bits per heavy atom. The fourth-order valence-electron chi connectivity index (χ4n) is 3.30. The maximum Gasteiger partial charge on any atom is 0.335 e. The predicted molar refractivity (Wildman–Crippen MR) is 86.3 cm³/mol. The van der Waals surface area contributed by atoms with Crippen LogP contribution in [0.15, 0.2) is 18.2 Å². The summed E-state index contributed by atoms with van der Waals surface area (Å²) >= 11 is 1.93. The lowest BCUT2D eigenvalue weighted by Gasteiger charge is -2.16. The van der Waals surface area contributed by atoms with Gasteiger partial charge in [0.25, 0.3) is 0 Å². The molecule has 3 rings (SSSR count). The van der Waals surface area contributed by atoms with Gasteiger partial charge in [-0.3, -0.25) is 0 Å². The quantitative estimate of drug-likeness (QED) is 0.934. The Morgan fingerprint density at radius 1 is 1.48 bits per heavy atom. The summed E-state index contributed by atoms with van der Waals surface area (Å²) in [5, 5.41) is 9.92. The van der Waals surface area contributed by atoms with Crippen molar-refractivity contribution < 1.29 is 9.90 Å². The minimum atomic E-state index is -0.879. The van der Waals surface area contributed by atoms with Gasteiger partial charge in [0, 0.05) is 17.7 Å². The third-order valence-corrected chi connectivity index (χ3v) is 5.48. The van der Waals surface area contributed by atoms with Gasteiger partial charge in [0.2, 0.25) is 0 Å². The van der Waals surface area contributed by atoms with Crippen molar-refractivity contribution in [2.24, 2.45) is 0 Å². The van der Waals surface area contributed by atoms with Crippen LogP contribution in [-0.4, -0.2) is 32.1 Å². The summed E-state index contributed by atoms with van der Waals surface area (Å²) in [5.41, 5.74) is 2.22. The Balaban J connectivity index is 2.10. The van der Waals surface area contributed by atoms with Gasteiger partial charge in [-0.1, -0.05) is 6.92 Å². The fraction of sp³-hybridized carbons (Fsp3) is 0.500. The zero-order valence-corrected chi connectivity index (χ0v) is 13.2. The summed E-state index contributed by atoms with van der Waals surface area (Å²) in [4.78, 5) is 15.9. The number of carboxylic acids is 1. The van der Waals surface area contributed by atoms with E-state index in [9.17, 15) is 9.90 Å². The lowest BCUT2D eigenvalue weighted by Crippen LogP contribution is -2.10. The number of aromatic nitrogens is 2. The second-order valence-electron chi connectivity index (χ2n) is 5.58. The summed E-state index contributed by atoms with van der Waals surface area (Å²) in [6.07, 6.45) is 6.57. The number of imidazole rings is 1. The highest BCUT2D eigenvalue weighted by Crippen LogP contribution is 2.38. The highest BCUT2D eigenvalue weighted by atomic mass is 32.2. The molecule has 1 aromatic heterocycles. The SMILES string of the molecule is CCc1nc2ccc(C(=O)O)cc2n1C1CCC(SC)C1. The zero-order chi connectivity index (χ0) is 15.0. The van der Waals surface area contributed by atoms with Gasteiger partial charge in [-0.05, 0) is 43.7 Å². The highest BCUT2D eigenvalue weighted by molar-refractivity contribution is 7.99. The van der Waals surface area contributed by atoms with Gasteiger partial charge >= 0.3 is 5.97 Å². The van der Waals surface area contributed by atoms with Crippen molar-refractivity contribution >= 4 is 28.8 Å². The van der Waals surface area contributed by atoms with Crippen LogP contribution < -0.4 is 0 Å². The van der Waals surface area contributed by atoms with Crippen molar-refractivity contribution in [2.75, 3.05) is 6.26 Å². The standard InChI is InChI=1S/C16H20N2O2S/c1-3-15-17-13-7-4-10(16(19)20)8-14(13)18(15)11-5-6-12(9-11)21-2/h4,7-8,11-12H,3,5-6,9H2,1-2H3,(H,19,20). The summed E-state index contributed by atoms with van der Waals surface area (Å²) in [6, 6.07) is 5.69. The van der Waals surface area contributed by atoms with Crippen LogP contribution in [0, 0.1) is 0 Å². The number of aryl methyl sites for hydroxylation is 1. The van der Waals surface area contributed by atoms with Gasteiger partial charge in [0.1, 0.15) is 5.82 Å². The molecule has 0 bridgehead atoms. The number of carboxylic acid groups (broad SMARTS) is 1. The molecule has 4 nitrogen and oxygen atoms in total. The lowest BCUT2D eigenvalue weighted by atomic mass is 10.1. The van der Waals surface area contributed by atoms with Gasteiger partial charge in [0.05, 0.1) is 16.6 Å². The van der Waals surface area contributed by atoms with E-state index in [0.29, 0.717) is 16.9 Å². The molecule has 0 amide bonds. The maximum absolute atomic E-state index is 11.2. The molecule has 0 spiro atoms. The van der Waals surface area contributed by atoms with E-state index in [4.69, 9.17) is 4.98 Å². The molecule has 1 aliphatic rings. The van der Waals surface area contributed by atoms with Crippen molar-refractivity contribution in [1.82, 2.24) is 9.55 Å². The van der Waals surface area contributed by atoms with Gasteiger partial charge in [0.15, 0.2) is 0 Å². The Hall–Kier alpha value is -1.49. The number of rotatable bonds is 4. The molecule has 2 unspecified atom stereocenters. The number of hydrogen-bond donors (Lipinski definition) is 1. The molecule has 1 aromatic carbocycles. The molecule has 1 saturated carbocycles. The van der Waals surface area contributed by atoms with E-state index >= 15 is 0 Å². The molecule has 2 atom stereocenters. The molecule has 1 fully saturated rings. The van der Waals surface area contributed by atoms with Crippen LogP contribution in [0.25, 0.3) is 11.0 Å². The first-order chi connectivity index (χ1) is 10.1. The molecule has 5 heteroatoms. The van der Waals surface area contributed by atoms with Crippen LogP contribution in [0.3, 0.4) is 0 Å². The second-order valence-corrected chi connectivity index (χ2v) is 6.72. The third kappa shape index (κ3) is 2.55. The predicted octanol–water partition coefficient (Wildman–Crippen LogP) is 3.75. The van der Waals surface area contributed by atoms with Crippen LogP contribution in [-0.2, 0) is 6.42 Å². The number of benzene rings is 1. The number of nitrogens with zero attached hydrogens (tertiary/aromatic N) is 2. The summed E-state index contributed by atoms with van der Waals surface area (Å²) in [7, 11) is 0. The average molecular weight is 304 g/mol. The van der Waals surface area contributed by atoms with Gasteiger partial charge in [-0.15, -0.1) is 0 Å². The molecule has 112 valence electrons. The van der Waals surface area contributed by atoms with Crippen LogP contribution in [0.5, 0.6) is 0 Å². The maximum atomic E-state index is 11.2. The number of carbonyl (C=O) groups is 1. The van der Waals surface area contributed by atoms with Crippen molar-refractivity contribution in [1.29, 1.82) is 0 Å². The molecule has 1 heterocycles. The topological polar surface area (TPSA) is 55.1 Å². The van der Waals surface area contributed by atoms with Crippen LogP contribution in [0.4, 0.5) is 0 Å². The Morgan fingerprint density at radius 2 is 2.29 bits per heavy atom. The van der Waals surface area contributed by atoms with Gasteiger partial charge in [-0.2, -0.15) is 11.8 Å². The average Bonchev–Trinajstić information content (AvgIpc) is 3.09. The van der Waals surface area contributed by atoms with Crippen molar-refractivity contribution in [3.05, 3.63) is 29.6 Å². The smallest absolute Gasteiger partial charge is 0.335 e. The first kappa shape index (κ1) is 14.4. The molecular weight excluding hydrogens is 284 g/mol. The number of fused-ring (bicyclic) bond motifs is 1. The van der Waals surface area contributed by atoms with Gasteiger partial charge in [-0.25, -0.2) is 9.78 Å². The number of hydrogen-bond acceptors (Lipinski definition) is 3. The summed E-state index contributed by atoms with van der Waals surface area (Å²) < 4.78 is 2.29. The largest absolute Gasteiger partial charge is 0.478 e. The minimum absolute atomic E-state index is 0.339. The van der Waals surface area contributed by atoms with Crippen molar-refractivity contribution in [2.45, 2.75) is 43.9 Å². The molecule has 0 aliphatic heterocycles. The molecule has 21 heavy (non-hydrogen) atoms. The second kappa shape index (κ2) is 5.72. The fourth-order valence-corrected chi connectivity index (χ4v) is 4.09.